The minimum Gasteiger partial charge on any atom is -0.497 e. The van der Waals surface area contributed by atoms with Crippen molar-refractivity contribution >= 4 is 23.0 Å². The Morgan fingerprint density at radius 1 is 1.12 bits per heavy atom. The van der Waals surface area contributed by atoms with Gasteiger partial charge < -0.3 is 15.0 Å². The Morgan fingerprint density at radius 3 is 2.62 bits per heavy atom. The van der Waals surface area contributed by atoms with Gasteiger partial charge in [-0.25, -0.2) is 23.1 Å². The highest BCUT2D eigenvalue weighted by Gasteiger charge is 2.23. The number of fused-ring (bicyclic) bond motifs is 1. The molecule has 34 heavy (non-hydrogen) atoms. The highest BCUT2D eigenvalue weighted by atomic mass is 19.1. The summed E-state index contributed by atoms with van der Waals surface area (Å²) in [5.74, 6) is -0.884. The molecular formula is C23H20F2N6O3. The summed E-state index contributed by atoms with van der Waals surface area (Å²) in [6.45, 7) is 0.675. The van der Waals surface area contributed by atoms with Gasteiger partial charge in [-0.2, -0.15) is 4.98 Å². The number of nitrogens with one attached hydrogen (secondary N) is 1. The third-order valence-corrected chi connectivity index (χ3v) is 5.67. The predicted octanol–water partition coefficient (Wildman–Crippen LogP) is 1.85. The highest BCUT2D eigenvalue weighted by molar-refractivity contribution is 5.82. The molecule has 9 nitrogen and oxygen atoms in total. The molecule has 0 unspecified atom stereocenters. The van der Waals surface area contributed by atoms with E-state index < -0.39 is 17.3 Å². The number of amides is 1. The highest BCUT2D eigenvalue weighted by Crippen LogP contribution is 2.23. The average Bonchev–Trinajstić information content (AvgIpc) is 3.11. The number of imidazole rings is 1. The molecule has 0 atom stereocenters. The van der Waals surface area contributed by atoms with Gasteiger partial charge in [0.05, 0.1) is 32.1 Å². The number of carbonyl (C=O) groups is 1. The van der Waals surface area contributed by atoms with E-state index in [1.54, 1.807) is 29.2 Å². The van der Waals surface area contributed by atoms with Crippen LogP contribution < -0.4 is 20.6 Å². The summed E-state index contributed by atoms with van der Waals surface area (Å²) in [7, 11) is 1.51. The second kappa shape index (κ2) is 8.58. The molecule has 0 aliphatic carbocycles. The lowest BCUT2D eigenvalue weighted by Gasteiger charge is -2.26. The number of hydrogen-bond donors (Lipinski definition) is 1. The van der Waals surface area contributed by atoms with E-state index in [0.29, 0.717) is 30.0 Å². The number of ether oxygens (including phenoxy) is 1. The van der Waals surface area contributed by atoms with Crippen LogP contribution in [0.15, 0.2) is 53.5 Å². The molecule has 4 aromatic rings. The number of rotatable bonds is 5. The van der Waals surface area contributed by atoms with Gasteiger partial charge >= 0.3 is 5.69 Å². The first-order chi connectivity index (χ1) is 16.5. The molecule has 11 heteroatoms. The molecule has 1 N–H and O–H groups in total. The Kier molecular flexibility index (Phi) is 5.44. The van der Waals surface area contributed by atoms with Crippen LogP contribution in [0.5, 0.6) is 5.75 Å². The van der Waals surface area contributed by atoms with E-state index in [0.717, 1.165) is 12.1 Å². The molecule has 1 saturated heterocycles. The molecule has 0 spiro atoms. The number of anilines is 1. The normalized spacial score (nSPS) is 13.9. The monoisotopic (exact) mass is 466 g/mol. The van der Waals surface area contributed by atoms with E-state index in [9.17, 15) is 18.4 Å². The first kappa shape index (κ1) is 21.6. The number of hydrogen-bond acceptors (Lipinski definition) is 6. The van der Waals surface area contributed by atoms with E-state index in [2.05, 4.69) is 15.3 Å². The first-order valence-corrected chi connectivity index (χ1v) is 10.5. The van der Waals surface area contributed by atoms with Gasteiger partial charge in [-0.1, -0.05) is 12.1 Å². The zero-order valence-corrected chi connectivity index (χ0v) is 18.2. The summed E-state index contributed by atoms with van der Waals surface area (Å²) in [4.78, 5) is 36.0. The van der Waals surface area contributed by atoms with Crippen LogP contribution in [-0.2, 0) is 11.3 Å². The number of carbonyl (C=O) groups excluding carboxylic acids is 1. The van der Waals surface area contributed by atoms with Gasteiger partial charge in [0.25, 0.3) is 0 Å². The van der Waals surface area contributed by atoms with Crippen molar-refractivity contribution in [1.82, 2.24) is 24.4 Å². The Labute approximate surface area is 192 Å². The molecule has 0 saturated carbocycles. The van der Waals surface area contributed by atoms with Crippen LogP contribution in [-0.4, -0.2) is 51.8 Å². The Morgan fingerprint density at radius 2 is 1.88 bits per heavy atom. The lowest BCUT2D eigenvalue weighted by Crippen LogP contribution is -2.48. The Balaban J connectivity index is 1.72. The lowest BCUT2D eigenvalue weighted by molar-refractivity contribution is -0.120. The molecule has 1 amide bonds. The van der Waals surface area contributed by atoms with Gasteiger partial charge in [0.1, 0.15) is 22.9 Å². The third-order valence-electron chi connectivity index (χ3n) is 5.67. The fourth-order valence-electron chi connectivity index (χ4n) is 3.97. The quantitative estimate of drug-likeness (QED) is 0.483. The molecule has 2 aromatic heterocycles. The minimum atomic E-state index is -0.758. The van der Waals surface area contributed by atoms with Gasteiger partial charge in [0.2, 0.25) is 11.9 Å². The van der Waals surface area contributed by atoms with Crippen LogP contribution >= 0.6 is 0 Å². The minimum absolute atomic E-state index is 0.0794. The van der Waals surface area contributed by atoms with Crippen LogP contribution in [0.2, 0.25) is 0 Å². The fraction of sp³-hybridized carbons (Fsp3) is 0.217. The van der Waals surface area contributed by atoms with Crippen molar-refractivity contribution < 1.29 is 18.3 Å². The van der Waals surface area contributed by atoms with Crippen LogP contribution in [0.3, 0.4) is 0 Å². The topological polar surface area (TPSA) is 94.3 Å². The SMILES string of the molecule is COc1cccc(-n2c(=O)n(Cc3c(F)cccc3F)c3cnc(N4CCNC(=O)C4)nc32)c1. The number of aromatic nitrogens is 4. The Bertz CT molecular complexity index is 1440. The summed E-state index contributed by atoms with van der Waals surface area (Å²) in [6, 6.07) is 10.4. The van der Waals surface area contributed by atoms with Crippen molar-refractivity contribution in [3.05, 3.63) is 76.3 Å². The zero-order chi connectivity index (χ0) is 23.8. The zero-order valence-electron chi connectivity index (χ0n) is 18.2. The number of methoxy groups -OCH3 is 1. The fourth-order valence-corrected chi connectivity index (χ4v) is 3.97. The van der Waals surface area contributed by atoms with E-state index >= 15 is 0 Å². The standard InChI is InChI=1S/C23H20F2N6O3/c1-34-15-5-2-4-14(10-15)31-21-19(11-27-22(28-21)29-9-8-26-20(32)13-29)30(23(31)33)12-16-17(24)6-3-7-18(16)25/h2-7,10-11H,8-9,12-13H2,1H3,(H,26,32). The van der Waals surface area contributed by atoms with E-state index in [1.165, 1.54) is 28.5 Å². The molecular weight excluding hydrogens is 446 g/mol. The van der Waals surface area contributed by atoms with Crippen molar-refractivity contribution in [1.29, 1.82) is 0 Å². The van der Waals surface area contributed by atoms with E-state index in [1.807, 2.05) is 0 Å². The van der Waals surface area contributed by atoms with Crippen LogP contribution in [0.4, 0.5) is 14.7 Å². The molecule has 1 aliphatic heterocycles. The molecule has 2 aromatic carbocycles. The van der Waals surface area contributed by atoms with Crippen molar-refractivity contribution in [2.24, 2.45) is 0 Å². The maximum atomic E-state index is 14.4. The van der Waals surface area contributed by atoms with Gasteiger partial charge in [0, 0.05) is 24.7 Å². The number of benzene rings is 2. The third kappa shape index (κ3) is 3.74. The summed E-state index contributed by atoms with van der Waals surface area (Å²) in [5.41, 5.74) is 0.203. The maximum Gasteiger partial charge on any atom is 0.335 e. The van der Waals surface area contributed by atoms with Crippen molar-refractivity contribution in [2.75, 3.05) is 31.6 Å². The van der Waals surface area contributed by atoms with Gasteiger partial charge in [0.15, 0.2) is 5.65 Å². The van der Waals surface area contributed by atoms with E-state index in [-0.39, 0.29) is 36.2 Å². The van der Waals surface area contributed by atoms with Crippen molar-refractivity contribution in [3.63, 3.8) is 0 Å². The number of nitrogens with zero attached hydrogens (tertiary/aromatic N) is 5. The molecule has 1 aliphatic rings. The summed E-state index contributed by atoms with van der Waals surface area (Å²) < 4.78 is 36.6. The number of piperazine rings is 1. The maximum absolute atomic E-state index is 14.4. The summed E-state index contributed by atoms with van der Waals surface area (Å²) in [5, 5.41) is 2.74. The molecule has 1 fully saturated rings. The van der Waals surface area contributed by atoms with E-state index in [4.69, 9.17) is 4.74 Å². The van der Waals surface area contributed by atoms with Crippen LogP contribution in [0.25, 0.3) is 16.9 Å². The molecule has 0 bridgehead atoms. The second-order valence-corrected chi connectivity index (χ2v) is 7.76. The Hall–Kier alpha value is -4.28. The lowest BCUT2D eigenvalue weighted by atomic mass is 10.2. The van der Waals surface area contributed by atoms with Crippen LogP contribution in [0.1, 0.15) is 5.56 Å². The second-order valence-electron chi connectivity index (χ2n) is 7.76. The predicted molar refractivity (Wildman–Crippen MR) is 120 cm³/mol. The van der Waals surface area contributed by atoms with Crippen molar-refractivity contribution in [2.45, 2.75) is 6.54 Å². The molecule has 174 valence electrons. The molecule has 3 heterocycles. The van der Waals surface area contributed by atoms with Gasteiger partial charge in [-0.3, -0.25) is 9.36 Å². The smallest absolute Gasteiger partial charge is 0.335 e. The molecule has 5 rings (SSSR count). The number of halogens is 2. The summed E-state index contributed by atoms with van der Waals surface area (Å²) >= 11 is 0. The first-order valence-electron chi connectivity index (χ1n) is 10.5. The van der Waals surface area contributed by atoms with Crippen molar-refractivity contribution in [3.8, 4) is 11.4 Å². The summed E-state index contributed by atoms with van der Waals surface area (Å²) in [6.07, 6.45) is 1.43. The van der Waals surface area contributed by atoms with Gasteiger partial charge in [-0.05, 0) is 24.3 Å². The average molecular weight is 466 g/mol. The largest absolute Gasteiger partial charge is 0.497 e. The molecule has 0 radical (unpaired) electrons. The van der Waals surface area contributed by atoms with Crippen LogP contribution in [0, 0.1) is 11.6 Å². The van der Waals surface area contributed by atoms with Gasteiger partial charge in [-0.15, -0.1) is 0 Å².